The number of rotatable bonds is 2. The minimum absolute atomic E-state index is 0.164. The molecule has 1 saturated carbocycles. The minimum Gasteiger partial charge on any atom is -0.506 e. The largest absolute Gasteiger partial charge is 0.506 e. The number of fused-ring (bicyclic) bond motifs is 1. The molecule has 0 aromatic heterocycles. The summed E-state index contributed by atoms with van der Waals surface area (Å²) in [6, 6.07) is 0. The van der Waals surface area contributed by atoms with Crippen LogP contribution in [0.2, 0.25) is 0 Å². The number of carboxylic acid groups (broad SMARTS) is 1. The van der Waals surface area contributed by atoms with E-state index in [2.05, 4.69) is 15.9 Å². The van der Waals surface area contributed by atoms with Crippen LogP contribution in [-0.2, 0) is 23.1 Å². The van der Waals surface area contributed by atoms with E-state index in [-0.39, 0.29) is 5.75 Å². The number of aliphatic carboxylic acids is 1. The second-order valence-electron chi connectivity index (χ2n) is 6.42. The zero-order valence-corrected chi connectivity index (χ0v) is 13.9. The van der Waals surface area contributed by atoms with E-state index in [1.165, 1.54) is 11.1 Å². The molecule has 0 saturated heterocycles. The maximum Gasteiger partial charge on any atom is 0.314 e. The van der Waals surface area contributed by atoms with Gasteiger partial charge in [0.1, 0.15) is 5.75 Å². The fourth-order valence-corrected chi connectivity index (χ4v) is 4.91. The van der Waals surface area contributed by atoms with E-state index < -0.39 is 11.4 Å². The third kappa shape index (κ3) is 2.10. The van der Waals surface area contributed by atoms with E-state index in [0.717, 1.165) is 48.6 Å². The molecule has 21 heavy (non-hydrogen) atoms. The van der Waals surface area contributed by atoms with Crippen molar-refractivity contribution in [1.29, 1.82) is 0 Å². The van der Waals surface area contributed by atoms with Crippen molar-refractivity contribution < 1.29 is 15.0 Å². The summed E-state index contributed by atoms with van der Waals surface area (Å²) in [5, 5.41) is 20.5. The number of carbonyl (C=O) groups is 1. The van der Waals surface area contributed by atoms with Crippen molar-refractivity contribution in [2.24, 2.45) is 0 Å². The molecular weight excluding hydrogens is 332 g/mol. The molecule has 2 N–H and O–H groups in total. The highest BCUT2D eigenvalue weighted by Gasteiger charge is 2.46. The molecule has 4 heteroatoms. The monoisotopic (exact) mass is 352 g/mol. The fraction of sp³-hybridized carbons (Fsp3) is 0.588. The molecule has 0 amide bonds. The summed E-state index contributed by atoms with van der Waals surface area (Å²) in [5.74, 6) is -0.626. The molecule has 0 radical (unpaired) electrons. The molecule has 2 aliphatic carbocycles. The van der Waals surface area contributed by atoms with E-state index in [1.807, 2.05) is 6.92 Å². The number of phenols is 1. The van der Waals surface area contributed by atoms with Gasteiger partial charge in [0.2, 0.25) is 0 Å². The number of carboxylic acids is 1. The Morgan fingerprint density at radius 1 is 1.10 bits per heavy atom. The number of phenolic OH excluding ortho intramolecular Hbond substituents is 1. The molecule has 0 bridgehead atoms. The molecule has 114 valence electrons. The van der Waals surface area contributed by atoms with Crippen LogP contribution < -0.4 is 0 Å². The summed E-state index contributed by atoms with van der Waals surface area (Å²) in [4.78, 5) is 12.0. The molecule has 0 heterocycles. The molecule has 3 rings (SSSR count). The molecular formula is C17H21BrO3. The standard InChI is InChI=1S/C17H21BrO3/c1-10-11-6-2-3-7-12(11)14(18)15(19)13(10)17(16(20)21)8-4-5-9-17/h19H,2-9H2,1H3,(H,20,21). The molecule has 2 aliphatic rings. The van der Waals surface area contributed by atoms with Crippen LogP contribution in [0.5, 0.6) is 5.75 Å². The predicted molar refractivity (Wildman–Crippen MR) is 85.0 cm³/mol. The Labute approximate surface area is 133 Å². The molecule has 0 unspecified atom stereocenters. The second kappa shape index (κ2) is 5.31. The zero-order chi connectivity index (χ0) is 15.2. The average molecular weight is 353 g/mol. The first-order valence-corrected chi connectivity index (χ1v) is 8.55. The van der Waals surface area contributed by atoms with Crippen LogP contribution in [0.3, 0.4) is 0 Å². The number of hydrogen-bond acceptors (Lipinski definition) is 2. The highest BCUT2D eigenvalue weighted by molar-refractivity contribution is 9.10. The quantitative estimate of drug-likeness (QED) is 0.836. The van der Waals surface area contributed by atoms with Crippen LogP contribution >= 0.6 is 15.9 Å². The van der Waals surface area contributed by atoms with Crippen LogP contribution in [0.1, 0.15) is 60.8 Å². The Hall–Kier alpha value is -1.03. The summed E-state index contributed by atoms with van der Waals surface area (Å²) in [6.07, 6.45) is 7.32. The molecule has 3 nitrogen and oxygen atoms in total. The highest BCUT2D eigenvalue weighted by Crippen LogP contribution is 2.51. The summed E-state index contributed by atoms with van der Waals surface area (Å²) in [6.45, 7) is 1.99. The van der Waals surface area contributed by atoms with Crippen LogP contribution in [0, 0.1) is 6.92 Å². The van der Waals surface area contributed by atoms with Crippen molar-refractivity contribution in [3.63, 3.8) is 0 Å². The Morgan fingerprint density at radius 3 is 2.24 bits per heavy atom. The summed E-state index contributed by atoms with van der Waals surface area (Å²) in [7, 11) is 0. The van der Waals surface area contributed by atoms with Gasteiger partial charge < -0.3 is 10.2 Å². The maximum atomic E-state index is 12.0. The SMILES string of the molecule is Cc1c2c(c(Br)c(O)c1C1(C(=O)O)CCCC1)CCCC2. The van der Waals surface area contributed by atoms with Gasteiger partial charge in [0, 0.05) is 5.56 Å². The molecule has 0 aliphatic heterocycles. The van der Waals surface area contributed by atoms with Gasteiger partial charge in [-0.2, -0.15) is 0 Å². The van der Waals surface area contributed by atoms with Gasteiger partial charge in [0.25, 0.3) is 0 Å². The van der Waals surface area contributed by atoms with Crippen molar-refractivity contribution in [3.8, 4) is 5.75 Å². The lowest BCUT2D eigenvalue weighted by atomic mass is 9.73. The van der Waals surface area contributed by atoms with Crippen molar-refractivity contribution >= 4 is 21.9 Å². The van der Waals surface area contributed by atoms with Crippen molar-refractivity contribution in [1.82, 2.24) is 0 Å². The third-order valence-corrected chi connectivity index (χ3v) is 6.20. The van der Waals surface area contributed by atoms with Crippen molar-refractivity contribution in [2.45, 2.75) is 63.7 Å². The number of aromatic hydroxyl groups is 1. The van der Waals surface area contributed by atoms with Gasteiger partial charge in [-0.05, 0) is 78.1 Å². The Morgan fingerprint density at radius 2 is 1.67 bits per heavy atom. The van der Waals surface area contributed by atoms with Crippen LogP contribution in [0.15, 0.2) is 4.47 Å². The van der Waals surface area contributed by atoms with Crippen molar-refractivity contribution in [3.05, 3.63) is 26.7 Å². The minimum atomic E-state index is -0.900. The van der Waals surface area contributed by atoms with Gasteiger partial charge >= 0.3 is 5.97 Å². The van der Waals surface area contributed by atoms with E-state index in [1.54, 1.807) is 0 Å². The number of hydrogen-bond donors (Lipinski definition) is 2. The normalized spacial score (nSPS) is 20.3. The van der Waals surface area contributed by atoms with E-state index in [4.69, 9.17) is 0 Å². The Kier molecular flexibility index (Phi) is 3.76. The van der Waals surface area contributed by atoms with Gasteiger partial charge in [-0.3, -0.25) is 4.79 Å². The first-order valence-electron chi connectivity index (χ1n) is 7.75. The van der Waals surface area contributed by atoms with Crippen LogP contribution in [-0.4, -0.2) is 16.2 Å². The highest BCUT2D eigenvalue weighted by atomic mass is 79.9. The smallest absolute Gasteiger partial charge is 0.314 e. The molecule has 0 spiro atoms. The summed E-state index contributed by atoms with van der Waals surface area (Å²) >= 11 is 3.53. The Balaban J connectivity index is 2.28. The topological polar surface area (TPSA) is 57.5 Å². The number of benzene rings is 1. The van der Waals surface area contributed by atoms with Crippen LogP contribution in [0.25, 0.3) is 0 Å². The molecule has 0 atom stereocenters. The maximum absolute atomic E-state index is 12.0. The Bertz CT molecular complexity index is 601. The first kappa shape index (κ1) is 14.9. The van der Waals surface area contributed by atoms with Gasteiger partial charge in [-0.15, -0.1) is 0 Å². The van der Waals surface area contributed by atoms with Gasteiger partial charge in [-0.1, -0.05) is 12.8 Å². The van der Waals surface area contributed by atoms with E-state index >= 15 is 0 Å². The lowest BCUT2D eigenvalue weighted by molar-refractivity contribution is -0.143. The predicted octanol–water partition coefficient (Wildman–Crippen LogP) is 4.24. The third-order valence-electron chi connectivity index (χ3n) is 5.35. The number of halogens is 1. The second-order valence-corrected chi connectivity index (χ2v) is 7.21. The first-order chi connectivity index (χ1) is 9.99. The molecule has 1 fully saturated rings. The van der Waals surface area contributed by atoms with Gasteiger partial charge in [0.15, 0.2) is 0 Å². The van der Waals surface area contributed by atoms with Gasteiger partial charge in [0.05, 0.1) is 9.89 Å². The van der Waals surface area contributed by atoms with Crippen LogP contribution in [0.4, 0.5) is 0 Å². The zero-order valence-electron chi connectivity index (χ0n) is 12.3. The summed E-state index contributed by atoms with van der Waals surface area (Å²) in [5.41, 5.74) is 3.21. The average Bonchev–Trinajstić information content (AvgIpc) is 2.96. The molecule has 1 aromatic carbocycles. The van der Waals surface area contributed by atoms with E-state index in [9.17, 15) is 15.0 Å². The lowest BCUT2D eigenvalue weighted by Crippen LogP contribution is -2.34. The molecule has 1 aromatic rings. The van der Waals surface area contributed by atoms with E-state index in [0.29, 0.717) is 18.4 Å². The fourth-order valence-electron chi connectivity index (χ4n) is 4.28. The van der Waals surface area contributed by atoms with Gasteiger partial charge in [-0.25, -0.2) is 0 Å². The lowest BCUT2D eigenvalue weighted by Gasteiger charge is -2.31. The van der Waals surface area contributed by atoms with Crippen molar-refractivity contribution in [2.75, 3.05) is 0 Å². The summed E-state index contributed by atoms with van der Waals surface area (Å²) < 4.78 is 0.727.